The maximum absolute atomic E-state index is 14.7. The van der Waals surface area contributed by atoms with E-state index >= 15 is 0 Å². The first kappa shape index (κ1) is 29.0. The van der Waals surface area contributed by atoms with Crippen LogP contribution < -0.4 is 5.32 Å². The third kappa shape index (κ3) is 5.77. The number of nitrogens with zero attached hydrogens (tertiary/aromatic N) is 3. The quantitative estimate of drug-likeness (QED) is 0.400. The molecule has 0 amide bonds. The smallest absolute Gasteiger partial charge is 0.255 e. The van der Waals surface area contributed by atoms with Gasteiger partial charge in [-0.3, -0.25) is 14.1 Å². The summed E-state index contributed by atoms with van der Waals surface area (Å²) >= 11 is 0. The predicted molar refractivity (Wildman–Crippen MR) is 127 cm³/mol. The molecule has 4 rings (SSSR count). The summed E-state index contributed by atoms with van der Waals surface area (Å²) < 4.78 is 46.5. The second kappa shape index (κ2) is 11.8. The number of anilines is 1. The summed E-state index contributed by atoms with van der Waals surface area (Å²) in [6.45, 7) is 6.98. The number of carbonyl (C=O) groups is 1. The first-order chi connectivity index (χ1) is 16.6. The van der Waals surface area contributed by atoms with Crippen molar-refractivity contribution < 1.29 is 53.8 Å². The molecule has 1 fully saturated rings. The van der Waals surface area contributed by atoms with Crippen molar-refractivity contribution in [2.75, 3.05) is 32.1 Å². The van der Waals surface area contributed by atoms with Crippen molar-refractivity contribution in [1.29, 1.82) is 0 Å². The van der Waals surface area contributed by atoms with Crippen molar-refractivity contribution in [2.45, 2.75) is 58.4 Å². The fourth-order valence-electron chi connectivity index (χ4n) is 5.43. The Balaban J connectivity index is 0.00000361. The third-order valence-corrected chi connectivity index (χ3v) is 7.39. The molecule has 1 aromatic carbocycles. The zero-order valence-corrected chi connectivity index (χ0v) is 25.3. The van der Waals surface area contributed by atoms with E-state index in [0.717, 1.165) is 30.3 Å². The van der Waals surface area contributed by atoms with E-state index in [1.165, 1.54) is 12.1 Å². The van der Waals surface area contributed by atoms with Gasteiger partial charge in [-0.1, -0.05) is 19.0 Å². The van der Waals surface area contributed by atoms with Gasteiger partial charge in [0.25, 0.3) is 6.43 Å². The number of aromatic nitrogens is 2. The number of fused-ring (bicyclic) bond motifs is 1. The summed E-state index contributed by atoms with van der Waals surface area (Å²) in [6, 6.07) is 4.40. The molecule has 0 spiro atoms. The molecule has 1 N–H and O–H groups in total. The molecule has 0 bridgehead atoms. The van der Waals surface area contributed by atoms with E-state index in [4.69, 9.17) is 4.74 Å². The molecular formula is C26H32F3N4O2U-. The van der Waals surface area contributed by atoms with E-state index in [9.17, 15) is 18.0 Å². The first-order valence-electron chi connectivity index (χ1n) is 12.0. The van der Waals surface area contributed by atoms with Crippen LogP contribution >= 0.6 is 0 Å². The largest absolute Gasteiger partial charge is 0.396 e. The monoisotopic (exact) mass is 727 g/mol. The number of benzene rings is 1. The van der Waals surface area contributed by atoms with Gasteiger partial charge in [0.2, 0.25) is 0 Å². The third-order valence-electron chi connectivity index (χ3n) is 7.39. The minimum absolute atomic E-state index is 0. The Morgan fingerprint density at radius 2 is 1.97 bits per heavy atom. The molecule has 1 atom stereocenters. The summed E-state index contributed by atoms with van der Waals surface area (Å²) in [4.78, 5) is 23.9. The van der Waals surface area contributed by atoms with E-state index in [0.29, 0.717) is 50.2 Å². The Hall–Kier alpha value is -1.60. The molecule has 2 heterocycles. The van der Waals surface area contributed by atoms with Crippen LogP contribution in [0.3, 0.4) is 0 Å². The zero-order chi connectivity index (χ0) is 25.3. The summed E-state index contributed by atoms with van der Waals surface area (Å²) in [5.74, 6) is 0.629. The van der Waals surface area contributed by atoms with Crippen molar-refractivity contribution in [3.63, 3.8) is 0 Å². The molecule has 0 saturated carbocycles. The predicted octanol–water partition coefficient (Wildman–Crippen LogP) is 4.66. The van der Waals surface area contributed by atoms with Gasteiger partial charge in [0.15, 0.2) is 0 Å². The molecule has 36 heavy (non-hydrogen) atoms. The Labute approximate surface area is 234 Å². The molecule has 1 aliphatic heterocycles. The number of likely N-dealkylation sites (N-methyl/N-ethyl adjacent to an activating group) is 1. The average Bonchev–Trinajstić information content (AvgIpc) is 3.21. The van der Waals surface area contributed by atoms with Crippen LogP contribution in [-0.2, 0) is 22.4 Å². The second-order valence-electron chi connectivity index (χ2n) is 9.66. The van der Waals surface area contributed by atoms with E-state index in [1.54, 1.807) is 20.8 Å². The number of ether oxygens (including phenoxy) is 1. The number of hydrogen-bond acceptors (Lipinski definition) is 6. The fraction of sp³-hybridized carbons (Fsp3) is 0.538. The van der Waals surface area contributed by atoms with Crippen LogP contribution in [0.1, 0.15) is 61.3 Å². The fourth-order valence-corrected chi connectivity index (χ4v) is 5.43. The molecule has 1 aliphatic carbocycles. The van der Waals surface area contributed by atoms with Crippen LogP contribution in [0.2, 0.25) is 0 Å². The Bertz CT molecular complexity index is 1100. The van der Waals surface area contributed by atoms with E-state index in [1.807, 2.05) is 7.05 Å². The Morgan fingerprint density at radius 1 is 1.28 bits per heavy atom. The average molecular weight is 728 g/mol. The normalized spacial score (nSPS) is 18.6. The van der Waals surface area contributed by atoms with Gasteiger partial charge in [-0.15, -0.1) is 11.6 Å². The van der Waals surface area contributed by atoms with Crippen LogP contribution in [0, 0.1) is 55.8 Å². The summed E-state index contributed by atoms with van der Waals surface area (Å²) in [6.07, 6.45) is -0.0701. The maximum Gasteiger partial charge on any atom is 0.255 e. The number of rotatable bonds is 8. The number of hydrogen-bond donors (Lipinski definition) is 1. The SMILES string of the molecule is CC(=O)C1(N(C)CC2Cc3nc(C)nc(N[C-](C)c4cccc(C(F)F)c4F)c3C2)CCOCC1.[U]. The van der Waals surface area contributed by atoms with Gasteiger partial charge in [-0.25, -0.2) is 18.7 Å². The molecule has 1 aromatic heterocycles. The van der Waals surface area contributed by atoms with Crippen molar-refractivity contribution >= 4 is 11.6 Å². The van der Waals surface area contributed by atoms with E-state index in [2.05, 4.69) is 20.2 Å². The van der Waals surface area contributed by atoms with Crippen molar-refractivity contribution in [3.8, 4) is 0 Å². The number of aryl methyl sites for hydroxylation is 1. The molecule has 1 saturated heterocycles. The Morgan fingerprint density at radius 3 is 2.61 bits per heavy atom. The topological polar surface area (TPSA) is 67.4 Å². The number of Topliss-reactive ketones (excluding diaryl/α,β-unsaturated/α-hetero) is 1. The number of ketones is 1. The van der Waals surface area contributed by atoms with Crippen molar-refractivity contribution in [2.24, 2.45) is 5.92 Å². The van der Waals surface area contributed by atoms with Crippen LogP contribution in [0.5, 0.6) is 0 Å². The van der Waals surface area contributed by atoms with Crippen LogP contribution in [-0.4, -0.2) is 53.0 Å². The van der Waals surface area contributed by atoms with Crippen molar-refractivity contribution in [1.82, 2.24) is 14.9 Å². The van der Waals surface area contributed by atoms with Gasteiger partial charge >= 0.3 is 0 Å². The minimum Gasteiger partial charge on any atom is -0.396 e. The zero-order valence-electron chi connectivity index (χ0n) is 21.1. The van der Waals surface area contributed by atoms with Gasteiger partial charge in [0.1, 0.15) is 17.4 Å². The van der Waals surface area contributed by atoms with Crippen LogP contribution in [0.15, 0.2) is 18.2 Å². The van der Waals surface area contributed by atoms with E-state index < -0.39 is 23.3 Å². The number of nitrogens with one attached hydrogen (secondary N) is 1. The maximum atomic E-state index is 14.7. The summed E-state index contributed by atoms with van der Waals surface area (Å²) in [5.41, 5.74) is 0.834. The number of carbonyl (C=O) groups excluding carboxylic acids is 1. The summed E-state index contributed by atoms with van der Waals surface area (Å²) in [5, 5.41) is 3.17. The molecule has 0 radical (unpaired) electrons. The minimum atomic E-state index is -2.89. The first-order valence-corrected chi connectivity index (χ1v) is 12.0. The molecule has 2 aromatic rings. The van der Waals surface area contributed by atoms with Crippen LogP contribution in [0.4, 0.5) is 19.0 Å². The van der Waals surface area contributed by atoms with Gasteiger partial charge < -0.3 is 10.1 Å². The number of halogens is 3. The molecule has 1 unspecified atom stereocenters. The summed E-state index contributed by atoms with van der Waals surface area (Å²) in [7, 11) is 2.00. The Kier molecular flexibility index (Phi) is 9.53. The van der Waals surface area contributed by atoms with Gasteiger partial charge in [0, 0.05) is 67.9 Å². The molecule has 6 nitrogen and oxygen atoms in total. The van der Waals surface area contributed by atoms with Gasteiger partial charge in [-0.2, -0.15) is 6.07 Å². The standard InChI is InChI=1S/C26H32F3N4O2.U/c1-15(19-6-5-7-20(23(19)27)24(28)29)30-25-21-12-18(13-22(21)31-17(3)32-25)14-33(4)26(16(2)34)8-10-35-11-9-26;/h5-7,18,24H,8-14H2,1-4H3,(H,30,31,32);/q-1;. The second-order valence-corrected chi connectivity index (χ2v) is 9.66. The van der Waals surface area contributed by atoms with Crippen LogP contribution in [0.25, 0.3) is 0 Å². The van der Waals surface area contributed by atoms with Crippen molar-refractivity contribution in [3.05, 3.63) is 58.3 Å². The molecule has 10 heteroatoms. The molecule has 2 aliphatic rings. The van der Waals surface area contributed by atoms with Gasteiger partial charge in [0.05, 0.1) is 5.54 Å². The van der Waals surface area contributed by atoms with Gasteiger partial charge in [-0.05, 0) is 58.1 Å². The molecular weight excluding hydrogens is 695 g/mol. The van der Waals surface area contributed by atoms with E-state index in [-0.39, 0.29) is 48.4 Å². The number of alkyl halides is 2. The molecule has 194 valence electrons.